The number of aromatic nitrogens is 1. The van der Waals surface area contributed by atoms with Gasteiger partial charge in [-0.05, 0) is 38.3 Å². The van der Waals surface area contributed by atoms with E-state index >= 15 is 0 Å². The number of carbonyl (C=O) groups excluding carboxylic acids is 1. The lowest BCUT2D eigenvalue weighted by Crippen LogP contribution is -2.39. The molecule has 5 nitrogen and oxygen atoms in total. The van der Waals surface area contributed by atoms with Crippen molar-refractivity contribution in [3.63, 3.8) is 0 Å². The fourth-order valence-electron chi connectivity index (χ4n) is 2.42. The summed E-state index contributed by atoms with van der Waals surface area (Å²) in [5.74, 6) is -0.0754. The van der Waals surface area contributed by atoms with Crippen LogP contribution in [-0.2, 0) is 0 Å². The number of hydrogen-bond acceptors (Lipinski definition) is 4. The zero-order chi connectivity index (χ0) is 15.7. The predicted octanol–water partition coefficient (Wildman–Crippen LogP) is 3.33. The predicted molar refractivity (Wildman–Crippen MR) is 82.7 cm³/mol. The molecule has 0 unspecified atom stereocenters. The summed E-state index contributed by atoms with van der Waals surface area (Å²) < 4.78 is 5.20. The first-order chi connectivity index (χ1) is 10.6. The van der Waals surface area contributed by atoms with Gasteiger partial charge in [0.05, 0.1) is 0 Å². The number of aliphatic hydroxyl groups excluding tert-OH is 1. The molecule has 1 aliphatic carbocycles. The highest BCUT2D eigenvalue weighted by molar-refractivity contribution is 6.30. The minimum atomic E-state index is -0.907. The second-order valence-corrected chi connectivity index (χ2v) is 5.99. The molecule has 1 saturated carbocycles. The van der Waals surface area contributed by atoms with Crippen LogP contribution in [0.25, 0.3) is 11.3 Å². The summed E-state index contributed by atoms with van der Waals surface area (Å²) in [6.07, 6.45) is 2.19. The first kappa shape index (κ1) is 15.1. The Labute approximate surface area is 133 Å². The molecule has 1 aromatic carbocycles. The maximum atomic E-state index is 12.5. The number of nitrogens with zero attached hydrogens (tertiary/aromatic N) is 1. The number of hydrogen-bond donors (Lipinski definition) is 2. The molecule has 2 aromatic rings. The highest BCUT2D eigenvalue weighted by Crippen LogP contribution is 2.30. The van der Waals surface area contributed by atoms with E-state index in [9.17, 15) is 9.90 Å². The van der Waals surface area contributed by atoms with Crippen LogP contribution in [0, 0.1) is 0 Å². The van der Waals surface area contributed by atoms with E-state index in [0.29, 0.717) is 16.3 Å². The average molecular weight is 321 g/mol. The van der Waals surface area contributed by atoms with E-state index in [-0.39, 0.29) is 17.7 Å². The zero-order valence-electron chi connectivity index (χ0n) is 12.2. The number of amides is 1. The van der Waals surface area contributed by atoms with Crippen LogP contribution in [0.5, 0.6) is 0 Å². The van der Waals surface area contributed by atoms with Crippen molar-refractivity contribution in [1.29, 1.82) is 0 Å². The largest absolute Gasteiger partial charge is 0.385 e. The average Bonchev–Trinajstić information content (AvgIpc) is 2.88. The summed E-state index contributed by atoms with van der Waals surface area (Å²) in [7, 11) is 0. The number of halogens is 1. The molecule has 22 heavy (non-hydrogen) atoms. The van der Waals surface area contributed by atoms with Gasteiger partial charge in [0.15, 0.2) is 5.76 Å². The Bertz CT molecular complexity index is 675. The van der Waals surface area contributed by atoms with Crippen LogP contribution in [0.3, 0.4) is 0 Å². The van der Waals surface area contributed by atoms with Crippen LogP contribution < -0.4 is 5.32 Å². The molecule has 3 rings (SSSR count). The first-order valence-electron chi connectivity index (χ1n) is 7.30. The quantitative estimate of drug-likeness (QED) is 0.906. The number of carbonyl (C=O) groups is 1. The minimum Gasteiger partial charge on any atom is -0.385 e. The van der Waals surface area contributed by atoms with Gasteiger partial charge >= 0.3 is 0 Å². The van der Waals surface area contributed by atoms with E-state index in [1.807, 2.05) is 0 Å². The lowest BCUT2D eigenvalue weighted by molar-refractivity contribution is 0.0904. The normalized spacial score (nSPS) is 16.1. The number of rotatable bonds is 4. The molecule has 1 fully saturated rings. The van der Waals surface area contributed by atoms with Crippen LogP contribution in [0.4, 0.5) is 0 Å². The molecular weight excluding hydrogens is 304 g/mol. The smallest absolute Gasteiger partial charge is 0.257 e. The third-order valence-electron chi connectivity index (χ3n) is 3.88. The van der Waals surface area contributed by atoms with Crippen molar-refractivity contribution >= 4 is 17.5 Å². The van der Waals surface area contributed by atoms with Crippen LogP contribution in [0.1, 0.15) is 48.4 Å². The number of aliphatic hydroxyl groups is 1. The van der Waals surface area contributed by atoms with E-state index < -0.39 is 6.10 Å². The van der Waals surface area contributed by atoms with Gasteiger partial charge in [-0.15, -0.1) is 0 Å². The summed E-state index contributed by atoms with van der Waals surface area (Å²) in [6, 6.07) is 7.18. The molecule has 0 bridgehead atoms. The molecule has 1 atom stereocenters. The maximum absolute atomic E-state index is 12.5. The van der Waals surface area contributed by atoms with Gasteiger partial charge in [-0.1, -0.05) is 28.9 Å². The molecule has 1 amide bonds. The summed E-state index contributed by atoms with van der Waals surface area (Å²) in [5, 5.41) is 17.4. The minimum absolute atomic E-state index is 0.182. The van der Waals surface area contributed by atoms with E-state index in [4.69, 9.17) is 16.1 Å². The zero-order valence-corrected chi connectivity index (χ0v) is 12.9. The molecule has 2 N–H and O–H groups in total. The number of nitrogens with one attached hydrogen (secondary N) is 1. The topological polar surface area (TPSA) is 75.4 Å². The fraction of sp³-hybridized carbons (Fsp3) is 0.375. The molecule has 116 valence electrons. The Morgan fingerprint density at radius 3 is 2.64 bits per heavy atom. The summed E-state index contributed by atoms with van der Waals surface area (Å²) >= 11 is 5.89. The van der Waals surface area contributed by atoms with E-state index in [0.717, 1.165) is 24.8 Å². The third kappa shape index (κ3) is 2.87. The van der Waals surface area contributed by atoms with Gasteiger partial charge in [-0.25, -0.2) is 0 Å². The Morgan fingerprint density at radius 2 is 2.09 bits per heavy atom. The molecule has 1 aliphatic rings. The van der Waals surface area contributed by atoms with Crippen LogP contribution in [0.15, 0.2) is 28.8 Å². The second-order valence-electron chi connectivity index (χ2n) is 5.55. The SMILES string of the molecule is C[C@H](O)c1onc(-c2ccc(Cl)cc2)c1C(=O)NC1CCC1. The van der Waals surface area contributed by atoms with Gasteiger partial charge in [0, 0.05) is 16.6 Å². The molecule has 0 spiro atoms. The van der Waals surface area contributed by atoms with Gasteiger partial charge in [0.25, 0.3) is 5.91 Å². The lowest BCUT2D eigenvalue weighted by atomic mass is 9.92. The molecular formula is C16H17ClN2O3. The summed E-state index contributed by atoms with van der Waals surface area (Å²) in [4.78, 5) is 12.5. The van der Waals surface area contributed by atoms with E-state index in [1.165, 1.54) is 0 Å². The Kier molecular flexibility index (Phi) is 4.18. The molecule has 6 heteroatoms. The van der Waals surface area contributed by atoms with Gasteiger partial charge in [-0.2, -0.15) is 0 Å². The van der Waals surface area contributed by atoms with Gasteiger partial charge in [0.1, 0.15) is 17.4 Å². The molecule has 1 heterocycles. The van der Waals surface area contributed by atoms with Gasteiger partial charge in [0.2, 0.25) is 0 Å². The van der Waals surface area contributed by atoms with Crippen molar-refractivity contribution in [1.82, 2.24) is 10.5 Å². The van der Waals surface area contributed by atoms with Crippen molar-refractivity contribution in [3.05, 3.63) is 40.6 Å². The van der Waals surface area contributed by atoms with Crippen molar-refractivity contribution in [2.75, 3.05) is 0 Å². The first-order valence-corrected chi connectivity index (χ1v) is 7.68. The lowest BCUT2D eigenvalue weighted by Gasteiger charge is -2.26. The molecule has 0 radical (unpaired) electrons. The Morgan fingerprint density at radius 1 is 1.41 bits per heavy atom. The second kappa shape index (κ2) is 6.10. The van der Waals surface area contributed by atoms with E-state index in [1.54, 1.807) is 31.2 Å². The summed E-state index contributed by atoms with van der Waals surface area (Å²) in [6.45, 7) is 1.55. The third-order valence-corrected chi connectivity index (χ3v) is 4.14. The fourth-order valence-corrected chi connectivity index (χ4v) is 2.55. The Hall–Kier alpha value is -1.85. The maximum Gasteiger partial charge on any atom is 0.257 e. The van der Waals surface area contributed by atoms with Crippen LogP contribution in [-0.4, -0.2) is 22.2 Å². The van der Waals surface area contributed by atoms with Crippen molar-refractivity contribution in [3.8, 4) is 11.3 Å². The molecule has 1 aromatic heterocycles. The summed E-state index contributed by atoms with van der Waals surface area (Å²) in [5.41, 5.74) is 1.44. The van der Waals surface area contributed by atoms with Crippen molar-refractivity contribution in [2.24, 2.45) is 0 Å². The van der Waals surface area contributed by atoms with Crippen LogP contribution in [0.2, 0.25) is 5.02 Å². The van der Waals surface area contributed by atoms with Crippen LogP contribution >= 0.6 is 11.6 Å². The van der Waals surface area contributed by atoms with Crippen molar-refractivity contribution in [2.45, 2.75) is 38.3 Å². The standard InChI is InChI=1S/C16H17ClN2O3/c1-9(20)15-13(16(21)18-12-3-2-4-12)14(19-22-15)10-5-7-11(17)8-6-10/h5-9,12,20H,2-4H2,1H3,(H,18,21)/t9-/m0/s1. The highest BCUT2D eigenvalue weighted by atomic mass is 35.5. The van der Waals surface area contributed by atoms with Gasteiger partial charge in [-0.3, -0.25) is 4.79 Å². The number of benzene rings is 1. The monoisotopic (exact) mass is 320 g/mol. The highest BCUT2D eigenvalue weighted by Gasteiger charge is 2.29. The molecule has 0 aliphatic heterocycles. The Balaban J connectivity index is 1.98. The van der Waals surface area contributed by atoms with Crippen molar-refractivity contribution < 1.29 is 14.4 Å². The van der Waals surface area contributed by atoms with Gasteiger partial charge < -0.3 is 14.9 Å². The molecule has 0 saturated heterocycles. The van der Waals surface area contributed by atoms with E-state index in [2.05, 4.69) is 10.5 Å².